The van der Waals surface area contributed by atoms with Crippen LogP contribution < -0.4 is 11.1 Å². The molecule has 0 spiro atoms. The molecule has 1 amide bonds. The van der Waals surface area contributed by atoms with Crippen molar-refractivity contribution >= 4 is 5.91 Å². The van der Waals surface area contributed by atoms with Crippen molar-refractivity contribution in [3.8, 4) is 5.69 Å². The molecule has 0 radical (unpaired) electrons. The van der Waals surface area contributed by atoms with Gasteiger partial charge in [-0.2, -0.15) is 4.68 Å². The van der Waals surface area contributed by atoms with Crippen LogP contribution in [0, 0.1) is 5.92 Å². The number of para-hydroxylation sites is 1. The van der Waals surface area contributed by atoms with E-state index >= 15 is 0 Å². The lowest BCUT2D eigenvalue weighted by Gasteiger charge is -2.18. The zero-order valence-corrected chi connectivity index (χ0v) is 11.5. The van der Waals surface area contributed by atoms with Crippen molar-refractivity contribution < 1.29 is 4.79 Å². The van der Waals surface area contributed by atoms with E-state index in [1.165, 1.54) is 0 Å². The van der Waals surface area contributed by atoms with Crippen LogP contribution in [0.2, 0.25) is 0 Å². The third-order valence-electron chi connectivity index (χ3n) is 2.99. The molecule has 20 heavy (non-hydrogen) atoms. The summed E-state index contributed by atoms with van der Waals surface area (Å²) in [5.41, 5.74) is 6.24. The number of hydrogen-bond donors (Lipinski definition) is 2. The Hall–Kier alpha value is -2.28. The lowest BCUT2D eigenvalue weighted by Crippen LogP contribution is -2.44. The van der Waals surface area contributed by atoms with Gasteiger partial charge in [0.05, 0.1) is 18.3 Å². The molecule has 1 aromatic carbocycles. The van der Waals surface area contributed by atoms with E-state index in [1.807, 2.05) is 44.2 Å². The Morgan fingerprint density at radius 1 is 1.35 bits per heavy atom. The van der Waals surface area contributed by atoms with Gasteiger partial charge in [0.1, 0.15) is 0 Å². The Bertz CT molecular complexity index is 565. The van der Waals surface area contributed by atoms with Crippen LogP contribution in [0.4, 0.5) is 0 Å². The molecule has 0 aliphatic carbocycles. The molecule has 106 valence electrons. The van der Waals surface area contributed by atoms with Crippen LogP contribution >= 0.6 is 0 Å². The highest BCUT2D eigenvalue weighted by Gasteiger charge is 2.20. The second kappa shape index (κ2) is 6.25. The molecule has 1 aromatic heterocycles. The van der Waals surface area contributed by atoms with E-state index in [-0.39, 0.29) is 11.8 Å². The molecule has 0 aliphatic rings. The molecule has 3 N–H and O–H groups in total. The van der Waals surface area contributed by atoms with Crippen molar-refractivity contribution in [3.05, 3.63) is 36.2 Å². The number of primary amides is 1. The molecular weight excluding hydrogens is 256 g/mol. The van der Waals surface area contributed by atoms with Crippen molar-refractivity contribution in [1.29, 1.82) is 0 Å². The van der Waals surface area contributed by atoms with E-state index in [1.54, 1.807) is 4.68 Å². The van der Waals surface area contributed by atoms with Crippen LogP contribution in [0.5, 0.6) is 0 Å². The molecule has 0 aliphatic heterocycles. The Labute approximate surface area is 117 Å². The summed E-state index contributed by atoms with van der Waals surface area (Å²) in [5.74, 6) is 0.357. The zero-order valence-electron chi connectivity index (χ0n) is 11.5. The SMILES string of the molecule is CC(C)C(NCc1nnnn1-c1ccccc1)C(N)=O. The molecule has 1 unspecified atom stereocenters. The van der Waals surface area contributed by atoms with Gasteiger partial charge in [-0.05, 0) is 28.5 Å². The first-order chi connectivity index (χ1) is 9.59. The first kappa shape index (κ1) is 14.1. The highest BCUT2D eigenvalue weighted by molar-refractivity contribution is 5.80. The van der Waals surface area contributed by atoms with Gasteiger partial charge in [0.2, 0.25) is 5.91 Å². The van der Waals surface area contributed by atoms with Gasteiger partial charge in [0.25, 0.3) is 0 Å². The van der Waals surface area contributed by atoms with Gasteiger partial charge in [-0.3, -0.25) is 10.1 Å². The highest BCUT2D eigenvalue weighted by Crippen LogP contribution is 2.08. The molecule has 0 fully saturated rings. The zero-order chi connectivity index (χ0) is 14.5. The molecule has 2 aromatic rings. The number of nitrogens with two attached hydrogens (primary N) is 1. The van der Waals surface area contributed by atoms with Crippen molar-refractivity contribution in [2.75, 3.05) is 0 Å². The lowest BCUT2D eigenvalue weighted by molar-refractivity contribution is -0.121. The van der Waals surface area contributed by atoms with E-state index in [0.29, 0.717) is 12.4 Å². The molecule has 0 saturated carbocycles. The van der Waals surface area contributed by atoms with Crippen molar-refractivity contribution in [2.24, 2.45) is 11.7 Å². The van der Waals surface area contributed by atoms with Gasteiger partial charge >= 0.3 is 0 Å². The predicted octanol–water partition coefficient (Wildman–Crippen LogP) is 0.262. The van der Waals surface area contributed by atoms with Crippen LogP contribution in [0.25, 0.3) is 5.69 Å². The first-order valence-electron chi connectivity index (χ1n) is 6.45. The second-order valence-electron chi connectivity index (χ2n) is 4.85. The number of carbonyl (C=O) groups excluding carboxylic acids is 1. The number of carbonyl (C=O) groups is 1. The molecule has 7 heteroatoms. The van der Waals surface area contributed by atoms with Crippen molar-refractivity contribution in [3.63, 3.8) is 0 Å². The minimum absolute atomic E-state index is 0.105. The van der Waals surface area contributed by atoms with Gasteiger partial charge in [0, 0.05) is 0 Å². The smallest absolute Gasteiger partial charge is 0.234 e. The van der Waals surface area contributed by atoms with Gasteiger partial charge in [-0.15, -0.1) is 5.10 Å². The fourth-order valence-electron chi connectivity index (χ4n) is 1.95. The largest absolute Gasteiger partial charge is 0.368 e. The highest BCUT2D eigenvalue weighted by atomic mass is 16.1. The summed E-state index contributed by atoms with van der Waals surface area (Å²) in [7, 11) is 0. The van der Waals surface area contributed by atoms with Gasteiger partial charge in [0.15, 0.2) is 5.82 Å². The number of amides is 1. The normalized spacial score (nSPS) is 12.6. The molecular formula is C13H18N6O. The fourth-order valence-corrected chi connectivity index (χ4v) is 1.95. The monoisotopic (exact) mass is 274 g/mol. The Balaban J connectivity index is 2.12. The number of rotatable bonds is 6. The van der Waals surface area contributed by atoms with Crippen LogP contribution in [-0.4, -0.2) is 32.2 Å². The number of benzene rings is 1. The Kier molecular flexibility index (Phi) is 4.41. The third kappa shape index (κ3) is 3.18. The van der Waals surface area contributed by atoms with Crippen LogP contribution in [0.1, 0.15) is 19.7 Å². The average molecular weight is 274 g/mol. The summed E-state index contributed by atoms with van der Waals surface area (Å²) in [6, 6.07) is 9.16. The van der Waals surface area contributed by atoms with Crippen molar-refractivity contribution in [1.82, 2.24) is 25.5 Å². The molecule has 1 atom stereocenters. The Morgan fingerprint density at radius 3 is 2.65 bits per heavy atom. The number of hydrogen-bond acceptors (Lipinski definition) is 5. The first-order valence-corrected chi connectivity index (χ1v) is 6.45. The van der Waals surface area contributed by atoms with Crippen molar-refractivity contribution in [2.45, 2.75) is 26.4 Å². The molecule has 1 heterocycles. The summed E-state index contributed by atoms with van der Waals surface area (Å²) >= 11 is 0. The number of tetrazole rings is 1. The number of nitrogens with one attached hydrogen (secondary N) is 1. The molecule has 2 rings (SSSR count). The van der Waals surface area contributed by atoms with Crippen LogP contribution in [0.3, 0.4) is 0 Å². The summed E-state index contributed by atoms with van der Waals surface area (Å²) < 4.78 is 1.63. The molecule has 0 bridgehead atoms. The standard InChI is InChI=1S/C13H18N6O/c1-9(2)12(13(14)20)15-8-11-16-17-18-19(11)10-6-4-3-5-7-10/h3-7,9,12,15H,8H2,1-2H3,(H2,14,20). The van der Waals surface area contributed by atoms with Crippen LogP contribution in [0.15, 0.2) is 30.3 Å². The maximum Gasteiger partial charge on any atom is 0.234 e. The topological polar surface area (TPSA) is 98.7 Å². The van der Waals surface area contributed by atoms with E-state index in [4.69, 9.17) is 5.73 Å². The van der Waals surface area contributed by atoms with Crippen LogP contribution in [-0.2, 0) is 11.3 Å². The summed E-state index contributed by atoms with van der Waals surface area (Å²) in [6.07, 6.45) is 0. The van der Waals surface area contributed by atoms with E-state index < -0.39 is 6.04 Å². The Morgan fingerprint density at radius 2 is 2.05 bits per heavy atom. The quantitative estimate of drug-likeness (QED) is 0.787. The molecule has 0 saturated heterocycles. The molecule has 7 nitrogen and oxygen atoms in total. The van der Waals surface area contributed by atoms with E-state index in [9.17, 15) is 4.79 Å². The third-order valence-corrected chi connectivity index (χ3v) is 2.99. The second-order valence-corrected chi connectivity index (χ2v) is 4.85. The lowest BCUT2D eigenvalue weighted by atomic mass is 10.0. The number of aromatic nitrogens is 4. The predicted molar refractivity (Wildman–Crippen MR) is 73.8 cm³/mol. The minimum atomic E-state index is -0.407. The van der Waals surface area contributed by atoms with E-state index in [0.717, 1.165) is 5.69 Å². The van der Waals surface area contributed by atoms with Gasteiger partial charge in [-0.25, -0.2) is 0 Å². The number of nitrogens with zero attached hydrogens (tertiary/aromatic N) is 4. The minimum Gasteiger partial charge on any atom is -0.368 e. The van der Waals surface area contributed by atoms with Gasteiger partial charge < -0.3 is 5.73 Å². The maximum absolute atomic E-state index is 11.4. The summed E-state index contributed by atoms with van der Waals surface area (Å²) in [6.45, 7) is 4.23. The fraction of sp³-hybridized carbons (Fsp3) is 0.385. The van der Waals surface area contributed by atoms with E-state index in [2.05, 4.69) is 20.8 Å². The van der Waals surface area contributed by atoms with Gasteiger partial charge in [-0.1, -0.05) is 32.0 Å². The summed E-state index contributed by atoms with van der Waals surface area (Å²) in [5, 5.41) is 14.7. The maximum atomic E-state index is 11.4. The summed E-state index contributed by atoms with van der Waals surface area (Å²) in [4.78, 5) is 11.4. The average Bonchev–Trinajstić information content (AvgIpc) is 2.87.